The lowest BCUT2D eigenvalue weighted by Crippen LogP contribution is -2.36. The van der Waals surface area contributed by atoms with Gasteiger partial charge in [0.25, 0.3) is 0 Å². The summed E-state index contributed by atoms with van der Waals surface area (Å²) in [7, 11) is 0. The first kappa shape index (κ1) is 17.9. The van der Waals surface area contributed by atoms with Crippen LogP contribution in [0.2, 0.25) is 0 Å². The zero-order chi connectivity index (χ0) is 14.8. The molecular formula is C17H37N3. The maximum absolute atomic E-state index is 3.62. The Morgan fingerprint density at radius 3 is 2.25 bits per heavy atom. The van der Waals surface area contributed by atoms with Crippen molar-refractivity contribution in [2.45, 2.75) is 71.9 Å². The van der Waals surface area contributed by atoms with Gasteiger partial charge in [-0.05, 0) is 78.3 Å². The van der Waals surface area contributed by atoms with Crippen LogP contribution in [0.3, 0.4) is 0 Å². The molecular weight excluding hydrogens is 246 g/mol. The first-order valence-corrected chi connectivity index (χ1v) is 8.90. The lowest BCUT2D eigenvalue weighted by molar-refractivity contribution is 0.189. The van der Waals surface area contributed by atoms with E-state index in [1.54, 1.807) is 0 Å². The topological polar surface area (TPSA) is 18.5 Å². The molecule has 3 heteroatoms. The Kier molecular flexibility index (Phi) is 9.49. The molecule has 0 aromatic heterocycles. The fourth-order valence-corrected chi connectivity index (χ4v) is 2.90. The molecule has 1 unspecified atom stereocenters. The van der Waals surface area contributed by atoms with E-state index in [1.165, 1.54) is 71.4 Å². The van der Waals surface area contributed by atoms with Crippen LogP contribution in [-0.4, -0.2) is 61.2 Å². The molecule has 3 nitrogen and oxygen atoms in total. The fourth-order valence-electron chi connectivity index (χ4n) is 2.90. The molecule has 0 amide bonds. The smallest absolute Gasteiger partial charge is 0.00682 e. The van der Waals surface area contributed by atoms with E-state index in [0.29, 0.717) is 0 Å². The van der Waals surface area contributed by atoms with E-state index in [0.717, 1.165) is 12.1 Å². The minimum Gasteiger partial charge on any atom is -0.314 e. The van der Waals surface area contributed by atoms with Crippen molar-refractivity contribution in [3.63, 3.8) is 0 Å². The van der Waals surface area contributed by atoms with Crippen LogP contribution in [0, 0.1) is 0 Å². The highest BCUT2D eigenvalue weighted by atomic mass is 15.2. The van der Waals surface area contributed by atoms with E-state index in [2.05, 4.69) is 42.8 Å². The number of rotatable bonds is 13. The molecule has 20 heavy (non-hydrogen) atoms. The van der Waals surface area contributed by atoms with Crippen LogP contribution in [-0.2, 0) is 0 Å². The van der Waals surface area contributed by atoms with Gasteiger partial charge in [-0.25, -0.2) is 0 Å². The van der Waals surface area contributed by atoms with Gasteiger partial charge in [0.15, 0.2) is 0 Å². The van der Waals surface area contributed by atoms with Crippen molar-refractivity contribution in [2.24, 2.45) is 0 Å². The maximum atomic E-state index is 3.62. The van der Waals surface area contributed by atoms with E-state index >= 15 is 0 Å². The van der Waals surface area contributed by atoms with Crippen molar-refractivity contribution in [1.82, 2.24) is 15.1 Å². The molecule has 1 N–H and O–H groups in total. The Labute approximate surface area is 127 Å². The maximum Gasteiger partial charge on any atom is 0.00682 e. The Hall–Kier alpha value is -0.120. The quantitative estimate of drug-likeness (QED) is 0.524. The minimum atomic E-state index is 0.734. The summed E-state index contributed by atoms with van der Waals surface area (Å²) in [5.41, 5.74) is 0. The van der Waals surface area contributed by atoms with E-state index in [1.807, 2.05) is 0 Å². The molecule has 0 radical (unpaired) electrons. The average Bonchev–Trinajstić information content (AvgIpc) is 3.28. The van der Waals surface area contributed by atoms with Crippen molar-refractivity contribution in [3.8, 4) is 0 Å². The van der Waals surface area contributed by atoms with Crippen molar-refractivity contribution >= 4 is 0 Å². The Balaban J connectivity index is 2.08. The van der Waals surface area contributed by atoms with E-state index < -0.39 is 0 Å². The summed E-state index contributed by atoms with van der Waals surface area (Å²) >= 11 is 0. The summed E-state index contributed by atoms with van der Waals surface area (Å²) in [4.78, 5) is 5.18. The molecule has 1 aliphatic carbocycles. The first-order valence-electron chi connectivity index (χ1n) is 8.90. The highest BCUT2D eigenvalue weighted by Crippen LogP contribution is 2.18. The molecule has 1 fully saturated rings. The number of hydrogen-bond acceptors (Lipinski definition) is 3. The standard InChI is InChI=1S/C17H37N3/c1-5-19(6-2)14-9-15-20(7-3)16(4)10-8-13-18-17-11-12-17/h16-18H,5-15H2,1-4H3. The van der Waals surface area contributed by atoms with Crippen molar-refractivity contribution in [2.75, 3.05) is 39.3 Å². The SMILES string of the molecule is CCN(CC)CCCN(CC)C(C)CCCNC1CC1. The monoisotopic (exact) mass is 283 g/mol. The summed E-state index contributed by atoms with van der Waals surface area (Å²) < 4.78 is 0. The van der Waals surface area contributed by atoms with Gasteiger partial charge >= 0.3 is 0 Å². The molecule has 0 saturated heterocycles. The first-order chi connectivity index (χ1) is 9.71. The molecule has 0 spiro atoms. The van der Waals surface area contributed by atoms with Crippen molar-refractivity contribution in [3.05, 3.63) is 0 Å². The van der Waals surface area contributed by atoms with Crippen LogP contribution in [0.1, 0.15) is 59.8 Å². The number of nitrogens with one attached hydrogen (secondary N) is 1. The van der Waals surface area contributed by atoms with Crippen LogP contribution in [0.4, 0.5) is 0 Å². The van der Waals surface area contributed by atoms with Gasteiger partial charge in [-0.15, -0.1) is 0 Å². The molecule has 1 aliphatic rings. The van der Waals surface area contributed by atoms with Crippen LogP contribution in [0.25, 0.3) is 0 Å². The average molecular weight is 284 g/mol. The van der Waals surface area contributed by atoms with Gasteiger partial charge in [0, 0.05) is 12.1 Å². The van der Waals surface area contributed by atoms with Gasteiger partial charge in [-0.2, -0.15) is 0 Å². The normalized spacial score (nSPS) is 17.1. The molecule has 1 saturated carbocycles. The molecule has 1 atom stereocenters. The third kappa shape index (κ3) is 7.61. The fraction of sp³-hybridized carbons (Fsp3) is 1.00. The second-order valence-electron chi connectivity index (χ2n) is 6.23. The predicted octanol–water partition coefficient (Wildman–Crippen LogP) is 2.96. The largest absolute Gasteiger partial charge is 0.314 e. The molecule has 0 aliphatic heterocycles. The van der Waals surface area contributed by atoms with E-state index in [4.69, 9.17) is 0 Å². The van der Waals surface area contributed by atoms with E-state index in [9.17, 15) is 0 Å². The van der Waals surface area contributed by atoms with Gasteiger partial charge in [0.1, 0.15) is 0 Å². The van der Waals surface area contributed by atoms with Crippen LogP contribution in [0.15, 0.2) is 0 Å². The predicted molar refractivity (Wildman–Crippen MR) is 89.4 cm³/mol. The van der Waals surface area contributed by atoms with Crippen LogP contribution in [0.5, 0.6) is 0 Å². The second-order valence-corrected chi connectivity index (χ2v) is 6.23. The highest BCUT2D eigenvalue weighted by Gasteiger charge is 2.20. The lowest BCUT2D eigenvalue weighted by Gasteiger charge is -2.29. The van der Waals surface area contributed by atoms with Gasteiger partial charge in [-0.1, -0.05) is 20.8 Å². The summed E-state index contributed by atoms with van der Waals surface area (Å²) in [5.74, 6) is 0. The van der Waals surface area contributed by atoms with E-state index in [-0.39, 0.29) is 0 Å². The zero-order valence-corrected chi connectivity index (χ0v) is 14.3. The molecule has 0 aromatic rings. The van der Waals surface area contributed by atoms with Crippen LogP contribution < -0.4 is 5.32 Å². The number of hydrogen-bond donors (Lipinski definition) is 1. The number of nitrogens with zero attached hydrogens (tertiary/aromatic N) is 2. The van der Waals surface area contributed by atoms with Crippen molar-refractivity contribution in [1.29, 1.82) is 0 Å². The minimum absolute atomic E-state index is 0.734. The Morgan fingerprint density at radius 1 is 1.00 bits per heavy atom. The van der Waals surface area contributed by atoms with Gasteiger partial charge in [0.2, 0.25) is 0 Å². The Morgan fingerprint density at radius 2 is 1.70 bits per heavy atom. The van der Waals surface area contributed by atoms with Crippen LogP contribution >= 0.6 is 0 Å². The second kappa shape index (κ2) is 10.6. The molecule has 0 aromatic carbocycles. The molecule has 120 valence electrons. The molecule has 1 rings (SSSR count). The lowest BCUT2D eigenvalue weighted by atomic mass is 10.1. The third-order valence-corrected chi connectivity index (χ3v) is 4.65. The van der Waals surface area contributed by atoms with Gasteiger partial charge in [-0.3, -0.25) is 0 Å². The Bertz CT molecular complexity index is 224. The molecule has 0 bridgehead atoms. The van der Waals surface area contributed by atoms with Gasteiger partial charge < -0.3 is 15.1 Å². The summed E-state index contributed by atoms with van der Waals surface area (Å²) in [6.45, 7) is 16.5. The summed E-state index contributed by atoms with van der Waals surface area (Å²) in [5, 5.41) is 3.62. The molecule has 0 heterocycles. The summed E-state index contributed by atoms with van der Waals surface area (Å²) in [6.07, 6.45) is 6.77. The third-order valence-electron chi connectivity index (χ3n) is 4.65. The summed E-state index contributed by atoms with van der Waals surface area (Å²) in [6, 6.07) is 1.60. The highest BCUT2D eigenvalue weighted by molar-refractivity contribution is 4.80. The van der Waals surface area contributed by atoms with Crippen molar-refractivity contribution < 1.29 is 0 Å². The zero-order valence-electron chi connectivity index (χ0n) is 14.3. The van der Waals surface area contributed by atoms with Gasteiger partial charge in [0.05, 0.1) is 0 Å².